The molecule has 0 radical (unpaired) electrons. The summed E-state index contributed by atoms with van der Waals surface area (Å²) in [5.41, 5.74) is 7.64. The SMILES string of the molecule is Cc1ccccc1-c1ccc(N(C)c2ccc3sc4ccccc4c3c2)cc1C. The van der Waals surface area contributed by atoms with Crippen molar-refractivity contribution in [2.45, 2.75) is 13.8 Å². The van der Waals surface area contributed by atoms with Gasteiger partial charge in [-0.1, -0.05) is 48.5 Å². The third-order valence-corrected chi connectivity index (χ3v) is 6.93. The van der Waals surface area contributed by atoms with Gasteiger partial charge in [-0.05, 0) is 72.5 Å². The Hall–Kier alpha value is -3.10. The fourth-order valence-corrected chi connectivity index (χ4v) is 5.19. The van der Waals surface area contributed by atoms with E-state index in [0.29, 0.717) is 0 Å². The van der Waals surface area contributed by atoms with Gasteiger partial charge in [-0.25, -0.2) is 0 Å². The number of hydrogen-bond acceptors (Lipinski definition) is 2. The molecule has 142 valence electrons. The minimum absolute atomic E-state index is 1.21. The van der Waals surface area contributed by atoms with E-state index in [0.717, 1.165) is 0 Å². The zero-order chi connectivity index (χ0) is 20.0. The second kappa shape index (κ2) is 7.06. The molecular formula is C27H23NS. The largest absolute Gasteiger partial charge is 0.345 e. The van der Waals surface area contributed by atoms with E-state index in [1.54, 1.807) is 0 Å². The molecule has 0 bridgehead atoms. The molecule has 0 aliphatic carbocycles. The van der Waals surface area contributed by atoms with Crippen molar-refractivity contribution in [1.82, 2.24) is 0 Å². The minimum atomic E-state index is 1.21. The molecular weight excluding hydrogens is 370 g/mol. The molecule has 1 heterocycles. The van der Waals surface area contributed by atoms with Gasteiger partial charge in [-0.2, -0.15) is 0 Å². The predicted octanol–water partition coefficient (Wildman–Crippen LogP) is 8.11. The Bertz CT molecular complexity index is 1350. The van der Waals surface area contributed by atoms with Crippen LogP contribution in [0.2, 0.25) is 0 Å². The lowest BCUT2D eigenvalue weighted by Crippen LogP contribution is -2.09. The van der Waals surface area contributed by atoms with Crippen molar-refractivity contribution in [3.8, 4) is 11.1 Å². The van der Waals surface area contributed by atoms with Crippen LogP contribution in [0.3, 0.4) is 0 Å². The molecule has 0 amide bonds. The molecule has 5 rings (SSSR count). The summed E-state index contributed by atoms with van der Waals surface area (Å²) in [6.45, 7) is 4.38. The first-order valence-corrected chi connectivity index (χ1v) is 10.7. The molecule has 1 aromatic heterocycles. The third-order valence-electron chi connectivity index (χ3n) is 5.78. The van der Waals surface area contributed by atoms with Crippen LogP contribution in [0.15, 0.2) is 84.9 Å². The normalized spacial score (nSPS) is 11.3. The van der Waals surface area contributed by atoms with Crippen molar-refractivity contribution in [1.29, 1.82) is 0 Å². The molecule has 0 N–H and O–H groups in total. The number of rotatable bonds is 3. The Kier molecular flexibility index (Phi) is 4.37. The Morgan fingerprint density at radius 2 is 1.24 bits per heavy atom. The van der Waals surface area contributed by atoms with Gasteiger partial charge in [0.1, 0.15) is 0 Å². The van der Waals surface area contributed by atoms with Gasteiger partial charge in [0.2, 0.25) is 0 Å². The maximum atomic E-state index is 2.32. The van der Waals surface area contributed by atoms with Gasteiger partial charge in [-0.15, -0.1) is 11.3 Å². The summed E-state index contributed by atoms with van der Waals surface area (Å²) in [4.78, 5) is 2.28. The molecule has 4 aromatic carbocycles. The summed E-state index contributed by atoms with van der Waals surface area (Å²) in [6, 6.07) is 30.8. The van der Waals surface area contributed by atoms with Gasteiger partial charge in [0.05, 0.1) is 0 Å². The molecule has 1 nitrogen and oxygen atoms in total. The van der Waals surface area contributed by atoms with E-state index in [4.69, 9.17) is 0 Å². The number of hydrogen-bond donors (Lipinski definition) is 0. The van der Waals surface area contributed by atoms with Crippen LogP contribution in [0.5, 0.6) is 0 Å². The number of nitrogens with zero attached hydrogens (tertiary/aromatic N) is 1. The Balaban J connectivity index is 1.55. The molecule has 0 atom stereocenters. The lowest BCUT2D eigenvalue weighted by Gasteiger charge is -2.21. The number of benzene rings is 4. The molecule has 2 heteroatoms. The van der Waals surface area contributed by atoms with Crippen LogP contribution in [0.1, 0.15) is 11.1 Å². The van der Waals surface area contributed by atoms with Gasteiger partial charge in [-0.3, -0.25) is 0 Å². The molecule has 29 heavy (non-hydrogen) atoms. The molecule has 0 aliphatic heterocycles. The van der Waals surface area contributed by atoms with E-state index in [1.165, 1.54) is 53.8 Å². The van der Waals surface area contributed by atoms with Gasteiger partial charge in [0.25, 0.3) is 0 Å². The third kappa shape index (κ3) is 3.10. The zero-order valence-electron chi connectivity index (χ0n) is 16.9. The summed E-state index contributed by atoms with van der Waals surface area (Å²) >= 11 is 1.86. The molecule has 0 saturated carbocycles. The van der Waals surface area contributed by atoms with Crippen LogP contribution < -0.4 is 4.90 Å². The maximum absolute atomic E-state index is 2.32. The number of fused-ring (bicyclic) bond motifs is 3. The van der Waals surface area contributed by atoms with Gasteiger partial charge in [0.15, 0.2) is 0 Å². The van der Waals surface area contributed by atoms with Crippen LogP contribution in [0, 0.1) is 13.8 Å². The highest BCUT2D eigenvalue weighted by Gasteiger charge is 2.11. The predicted molar refractivity (Wildman–Crippen MR) is 129 cm³/mol. The van der Waals surface area contributed by atoms with E-state index in [9.17, 15) is 0 Å². The first-order valence-electron chi connectivity index (χ1n) is 9.93. The molecule has 0 spiro atoms. The van der Waals surface area contributed by atoms with Crippen molar-refractivity contribution in [2.75, 3.05) is 11.9 Å². The van der Waals surface area contributed by atoms with Crippen molar-refractivity contribution >= 4 is 42.9 Å². The molecule has 5 aromatic rings. The number of anilines is 2. The topological polar surface area (TPSA) is 3.24 Å². The van der Waals surface area contributed by atoms with Crippen LogP contribution in [0.25, 0.3) is 31.3 Å². The molecule has 0 unspecified atom stereocenters. The van der Waals surface area contributed by atoms with Gasteiger partial charge >= 0.3 is 0 Å². The molecule has 0 saturated heterocycles. The standard InChI is InChI=1S/C27H23NS/c1-18-8-4-5-9-22(18)23-14-12-20(16-19(23)2)28(3)21-13-15-27-25(17-21)24-10-6-7-11-26(24)29-27/h4-17H,1-3H3. The smallest absolute Gasteiger partial charge is 0.0415 e. The summed E-state index contributed by atoms with van der Waals surface area (Å²) in [5.74, 6) is 0. The second-order valence-electron chi connectivity index (χ2n) is 7.65. The lowest BCUT2D eigenvalue weighted by molar-refractivity contribution is 1.21. The molecule has 0 fully saturated rings. The Morgan fingerprint density at radius 3 is 2.07 bits per heavy atom. The highest BCUT2D eigenvalue weighted by Crippen LogP contribution is 2.37. The van der Waals surface area contributed by atoms with E-state index in [1.807, 2.05) is 11.3 Å². The van der Waals surface area contributed by atoms with Gasteiger partial charge < -0.3 is 4.90 Å². The number of aryl methyl sites for hydroxylation is 2. The van der Waals surface area contributed by atoms with Crippen LogP contribution in [-0.4, -0.2) is 7.05 Å². The first-order chi connectivity index (χ1) is 14.1. The van der Waals surface area contributed by atoms with E-state index in [2.05, 4.69) is 111 Å². The summed E-state index contributed by atoms with van der Waals surface area (Å²) in [7, 11) is 2.15. The average Bonchev–Trinajstić information content (AvgIpc) is 3.12. The summed E-state index contributed by atoms with van der Waals surface area (Å²) in [6.07, 6.45) is 0. The Labute approximate surface area is 175 Å². The fraction of sp³-hybridized carbons (Fsp3) is 0.111. The average molecular weight is 394 g/mol. The van der Waals surface area contributed by atoms with E-state index < -0.39 is 0 Å². The lowest BCUT2D eigenvalue weighted by atomic mass is 9.96. The Morgan fingerprint density at radius 1 is 0.586 bits per heavy atom. The quantitative estimate of drug-likeness (QED) is 0.299. The van der Waals surface area contributed by atoms with E-state index >= 15 is 0 Å². The first kappa shape index (κ1) is 18.0. The summed E-state index contributed by atoms with van der Waals surface area (Å²) in [5, 5.41) is 2.68. The monoisotopic (exact) mass is 393 g/mol. The van der Waals surface area contributed by atoms with Gasteiger partial charge in [0, 0.05) is 38.6 Å². The van der Waals surface area contributed by atoms with E-state index in [-0.39, 0.29) is 0 Å². The highest BCUT2D eigenvalue weighted by molar-refractivity contribution is 7.25. The van der Waals surface area contributed by atoms with Crippen LogP contribution in [0.4, 0.5) is 11.4 Å². The van der Waals surface area contributed by atoms with Crippen LogP contribution >= 0.6 is 11.3 Å². The van der Waals surface area contributed by atoms with Crippen molar-refractivity contribution in [3.05, 3.63) is 96.1 Å². The highest BCUT2D eigenvalue weighted by atomic mass is 32.1. The zero-order valence-corrected chi connectivity index (χ0v) is 17.8. The molecule has 0 aliphatic rings. The fourth-order valence-electron chi connectivity index (χ4n) is 4.11. The minimum Gasteiger partial charge on any atom is -0.345 e. The van der Waals surface area contributed by atoms with Crippen molar-refractivity contribution in [2.24, 2.45) is 0 Å². The second-order valence-corrected chi connectivity index (χ2v) is 8.74. The van der Waals surface area contributed by atoms with Crippen LogP contribution in [-0.2, 0) is 0 Å². The van der Waals surface area contributed by atoms with Crippen molar-refractivity contribution < 1.29 is 0 Å². The number of thiophene rings is 1. The summed E-state index contributed by atoms with van der Waals surface area (Å²) < 4.78 is 2.69. The maximum Gasteiger partial charge on any atom is 0.0415 e. The van der Waals surface area contributed by atoms with Crippen molar-refractivity contribution in [3.63, 3.8) is 0 Å².